The van der Waals surface area contributed by atoms with E-state index in [1.807, 2.05) is 0 Å². The van der Waals surface area contributed by atoms with Gasteiger partial charge in [-0.1, -0.05) is 0 Å². The number of nitrogens with zero attached hydrogens (tertiary/aromatic N) is 3. The van der Waals surface area contributed by atoms with Gasteiger partial charge < -0.3 is 14.5 Å². The van der Waals surface area contributed by atoms with E-state index < -0.39 is 16.2 Å². The summed E-state index contributed by atoms with van der Waals surface area (Å²) < 4.78 is 46.5. The highest BCUT2D eigenvalue weighted by Gasteiger charge is 2.32. The number of Topliss-reactive ketones (excluding diaryl/α,β-unsaturated/α-hetero) is 1. The Labute approximate surface area is 235 Å². The molecule has 2 saturated heterocycles. The van der Waals surface area contributed by atoms with E-state index in [1.54, 1.807) is 40.1 Å². The average Bonchev–Trinajstić information content (AvgIpc) is 3.31. The Morgan fingerprint density at radius 2 is 1.64 bits per heavy atom. The molecule has 9 heteroatoms. The van der Waals surface area contributed by atoms with E-state index in [0.29, 0.717) is 59.0 Å². The van der Waals surface area contributed by atoms with Crippen molar-refractivity contribution in [3.05, 3.63) is 23.3 Å². The van der Waals surface area contributed by atoms with Crippen molar-refractivity contribution in [3.63, 3.8) is 0 Å². The minimum atomic E-state index is -3.69. The minimum Gasteiger partial charge on any atom is -0.497 e. The molecule has 3 aliphatic rings. The van der Waals surface area contributed by atoms with E-state index in [9.17, 15) is 17.6 Å². The molecule has 0 unspecified atom stereocenters. The number of alkyl halides is 1. The van der Waals surface area contributed by atoms with Gasteiger partial charge in [0.05, 0.1) is 12.0 Å². The van der Waals surface area contributed by atoms with Gasteiger partial charge in [-0.15, -0.1) is 0 Å². The predicted molar refractivity (Wildman–Crippen MR) is 153 cm³/mol. The monoisotopic (exact) mass is 565 g/mol. The Morgan fingerprint density at radius 1 is 1.00 bits per heavy atom. The summed E-state index contributed by atoms with van der Waals surface area (Å²) in [6, 6.07) is 4.08. The molecule has 0 aromatic heterocycles. The normalized spacial score (nSPS) is 25.8. The average molecular weight is 566 g/mol. The summed E-state index contributed by atoms with van der Waals surface area (Å²) in [5.41, 5.74) is 1.29. The molecule has 39 heavy (non-hydrogen) atoms. The van der Waals surface area contributed by atoms with E-state index in [1.165, 1.54) is 17.1 Å². The molecule has 2 heterocycles. The number of carbonyl (C=O) groups is 1. The van der Waals surface area contributed by atoms with Gasteiger partial charge in [-0.2, -0.15) is 0 Å². The molecule has 0 spiro atoms. The van der Waals surface area contributed by atoms with Crippen molar-refractivity contribution in [1.29, 1.82) is 0 Å². The highest BCUT2D eigenvalue weighted by Crippen LogP contribution is 2.33. The maximum Gasteiger partial charge on any atom is 0.243 e. The molecule has 2 aliphatic heterocycles. The van der Waals surface area contributed by atoms with Gasteiger partial charge in [0.1, 0.15) is 17.7 Å². The van der Waals surface area contributed by atoms with Crippen molar-refractivity contribution in [1.82, 2.24) is 14.1 Å². The van der Waals surface area contributed by atoms with Gasteiger partial charge in [0.15, 0.2) is 0 Å². The second-order valence-corrected chi connectivity index (χ2v) is 14.2. The Balaban J connectivity index is 1.17. The molecular formula is C30H48FN3O4S. The van der Waals surface area contributed by atoms with Crippen LogP contribution >= 0.6 is 0 Å². The second kappa shape index (κ2) is 13.4. The first-order chi connectivity index (χ1) is 18.6. The van der Waals surface area contributed by atoms with Crippen LogP contribution in [0.5, 0.6) is 5.75 Å². The number of ketones is 1. The fraction of sp³-hybridized carbons (Fsp3) is 0.767. The molecule has 0 N–H and O–H groups in total. The molecule has 220 valence electrons. The topological polar surface area (TPSA) is 70.2 Å². The molecule has 0 bridgehead atoms. The summed E-state index contributed by atoms with van der Waals surface area (Å²) in [5.74, 6) is 1.89. The van der Waals surface area contributed by atoms with E-state index in [0.717, 1.165) is 51.9 Å². The number of methoxy groups -OCH3 is 1. The molecule has 7 nitrogen and oxygen atoms in total. The number of carbonyl (C=O) groups excluding carboxylic acids is 1. The maximum atomic E-state index is 13.5. The third kappa shape index (κ3) is 7.80. The minimum absolute atomic E-state index is 0.155. The molecule has 1 aliphatic carbocycles. The first-order valence-electron chi connectivity index (χ1n) is 14.8. The van der Waals surface area contributed by atoms with Crippen LogP contribution in [0.25, 0.3) is 0 Å². The van der Waals surface area contributed by atoms with Gasteiger partial charge >= 0.3 is 0 Å². The van der Waals surface area contributed by atoms with Crippen molar-refractivity contribution < 1.29 is 22.3 Å². The molecule has 4 rings (SSSR count). The van der Waals surface area contributed by atoms with E-state index in [2.05, 4.69) is 9.80 Å². The largest absolute Gasteiger partial charge is 0.497 e. The predicted octanol–water partition coefficient (Wildman–Crippen LogP) is 4.60. The van der Waals surface area contributed by atoms with Crippen LogP contribution in [0.3, 0.4) is 0 Å². The van der Waals surface area contributed by atoms with Gasteiger partial charge in [0.2, 0.25) is 10.0 Å². The zero-order valence-corrected chi connectivity index (χ0v) is 25.1. The number of likely N-dealkylation sites (tertiary alicyclic amines) is 2. The number of ether oxygens (including phenoxy) is 1. The van der Waals surface area contributed by atoms with E-state index >= 15 is 0 Å². The van der Waals surface area contributed by atoms with Crippen molar-refractivity contribution in [2.24, 2.45) is 11.8 Å². The molecule has 1 atom stereocenters. The first kappa shape index (κ1) is 30.4. The smallest absolute Gasteiger partial charge is 0.243 e. The summed E-state index contributed by atoms with van der Waals surface area (Å²) >= 11 is 0. The lowest BCUT2D eigenvalue weighted by atomic mass is 9.81. The zero-order valence-electron chi connectivity index (χ0n) is 24.3. The summed E-state index contributed by atoms with van der Waals surface area (Å²) in [5, 5.41) is 0. The van der Waals surface area contributed by atoms with Crippen LogP contribution in [0.1, 0.15) is 68.9 Å². The maximum absolute atomic E-state index is 13.5. The van der Waals surface area contributed by atoms with Crippen LogP contribution in [0.15, 0.2) is 17.0 Å². The number of benzene rings is 1. The van der Waals surface area contributed by atoms with Crippen LogP contribution in [-0.4, -0.2) is 93.9 Å². The number of piperidine rings is 1. The SMILES string of the molecule is COc1cc(C)c(S(=O)(=O)N(C)CCC(=O)CC2CCC(N3CCC(CN4CC[C@@H](F)C4)CC3)CC2)c(C)c1. The molecule has 1 aromatic carbocycles. The number of rotatable bonds is 11. The van der Waals surface area contributed by atoms with Gasteiger partial charge in [-0.05, 0) is 107 Å². The number of hydrogen-bond donors (Lipinski definition) is 0. The lowest BCUT2D eigenvalue weighted by Crippen LogP contribution is -2.45. The van der Waals surface area contributed by atoms with Crippen LogP contribution in [0, 0.1) is 25.7 Å². The molecule has 1 aromatic rings. The standard InChI is InChI=1S/C30H48FN3O4S/c1-22-17-29(38-4)18-23(2)30(22)39(36,37)32(3)13-12-28(35)19-24-5-7-27(8-6-24)34-15-9-25(10-16-34)20-33-14-11-26(31)21-33/h17-18,24-27H,5-16,19-21H2,1-4H3/t24?,26-,27?/m1/s1. The van der Waals surface area contributed by atoms with Crippen LogP contribution < -0.4 is 4.74 Å². The molecule has 1 saturated carbocycles. The number of sulfonamides is 1. The van der Waals surface area contributed by atoms with Gasteiger partial charge in [-0.25, -0.2) is 17.1 Å². The number of halogens is 1. The molecule has 3 fully saturated rings. The summed E-state index contributed by atoms with van der Waals surface area (Å²) in [6.07, 6.45) is 7.70. The summed E-state index contributed by atoms with van der Waals surface area (Å²) in [7, 11) is -0.562. The number of hydrogen-bond acceptors (Lipinski definition) is 6. The van der Waals surface area contributed by atoms with Crippen molar-refractivity contribution in [3.8, 4) is 5.75 Å². The molecule has 0 radical (unpaired) electrons. The van der Waals surface area contributed by atoms with Gasteiger partial charge in [0.25, 0.3) is 0 Å². The Hall–Kier alpha value is -1.55. The lowest BCUT2D eigenvalue weighted by molar-refractivity contribution is -0.120. The lowest BCUT2D eigenvalue weighted by Gasteiger charge is -2.41. The summed E-state index contributed by atoms with van der Waals surface area (Å²) in [6.45, 7) is 8.61. The molecule has 0 amide bonds. The second-order valence-electron chi connectivity index (χ2n) is 12.2. The highest BCUT2D eigenvalue weighted by molar-refractivity contribution is 7.89. The van der Waals surface area contributed by atoms with Crippen molar-refractivity contribution in [2.75, 3.05) is 53.4 Å². The Kier molecular flexibility index (Phi) is 10.5. The van der Waals surface area contributed by atoms with Crippen molar-refractivity contribution >= 4 is 15.8 Å². The van der Waals surface area contributed by atoms with Crippen LogP contribution in [0.2, 0.25) is 0 Å². The Bertz CT molecular complexity index is 1060. The fourth-order valence-corrected chi connectivity index (χ4v) is 8.52. The highest BCUT2D eigenvalue weighted by atomic mass is 32.2. The van der Waals surface area contributed by atoms with E-state index in [4.69, 9.17) is 4.74 Å². The third-order valence-electron chi connectivity index (χ3n) is 9.27. The first-order valence-corrected chi connectivity index (χ1v) is 16.2. The number of aryl methyl sites for hydroxylation is 2. The zero-order chi connectivity index (χ0) is 28.2. The van der Waals surface area contributed by atoms with Gasteiger partial charge in [0, 0.05) is 52.1 Å². The summed E-state index contributed by atoms with van der Waals surface area (Å²) in [4.78, 5) is 18.1. The van der Waals surface area contributed by atoms with Crippen molar-refractivity contribution in [2.45, 2.75) is 88.7 Å². The molecular weight excluding hydrogens is 517 g/mol. The third-order valence-corrected chi connectivity index (χ3v) is 11.4. The van der Waals surface area contributed by atoms with Gasteiger partial charge in [-0.3, -0.25) is 4.79 Å². The van der Waals surface area contributed by atoms with Crippen LogP contribution in [0.4, 0.5) is 4.39 Å². The quantitative estimate of drug-likeness (QED) is 0.391. The Morgan fingerprint density at radius 3 is 2.21 bits per heavy atom. The fourth-order valence-electron chi connectivity index (χ4n) is 6.95. The van der Waals surface area contributed by atoms with E-state index in [-0.39, 0.29) is 18.7 Å². The van der Waals surface area contributed by atoms with Crippen LogP contribution in [-0.2, 0) is 14.8 Å².